The van der Waals surface area contributed by atoms with Crippen LogP contribution in [0.15, 0.2) is 18.3 Å². The highest BCUT2D eigenvalue weighted by Gasteiger charge is 2.06. The average molecular weight is 208 g/mol. The highest BCUT2D eigenvalue weighted by atomic mass is 15.0. The summed E-state index contributed by atoms with van der Waals surface area (Å²) >= 11 is 0. The Morgan fingerprint density at radius 1 is 1.40 bits per heavy atom. The van der Waals surface area contributed by atoms with Crippen LogP contribution in [0.2, 0.25) is 0 Å². The Morgan fingerprint density at radius 2 is 2.13 bits per heavy atom. The van der Waals surface area contributed by atoms with E-state index in [0.29, 0.717) is 6.04 Å². The lowest BCUT2D eigenvalue weighted by Gasteiger charge is -2.13. The van der Waals surface area contributed by atoms with E-state index in [1.54, 1.807) is 0 Å². The molecule has 2 heteroatoms. The third-order valence-corrected chi connectivity index (χ3v) is 2.87. The molecule has 0 aliphatic heterocycles. The Morgan fingerprint density at radius 3 is 2.73 bits per heavy atom. The lowest BCUT2D eigenvalue weighted by atomic mass is 10.1. The van der Waals surface area contributed by atoms with E-state index in [1.807, 2.05) is 0 Å². The minimum absolute atomic E-state index is 0.303. The summed E-state index contributed by atoms with van der Waals surface area (Å²) in [7, 11) is 0. The molecule has 1 aromatic heterocycles. The van der Waals surface area contributed by atoms with Crippen LogP contribution in [-0.2, 0) is 13.0 Å². The predicted molar refractivity (Wildman–Crippen MR) is 65.9 cm³/mol. The van der Waals surface area contributed by atoms with Crippen molar-refractivity contribution < 1.29 is 0 Å². The minimum atomic E-state index is 0.303. The molecule has 1 unspecified atom stereocenters. The largest absolute Gasteiger partial charge is 0.351 e. The molecule has 2 nitrogen and oxygen atoms in total. The maximum absolute atomic E-state index is 5.98. The zero-order chi connectivity index (χ0) is 11.3. The molecule has 0 radical (unpaired) electrons. The van der Waals surface area contributed by atoms with Gasteiger partial charge in [0.25, 0.3) is 0 Å². The molecule has 0 aromatic carbocycles. The Labute approximate surface area is 93.5 Å². The van der Waals surface area contributed by atoms with E-state index < -0.39 is 0 Å². The number of nitrogens with zero attached hydrogens (tertiary/aromatic N) is 1. The van der Waals surface area contributed by atoms with Crippen LogP contribution in [0.5, 0.6) is 0 Å². The third kappa shape index (κ3) is 4.08. The predicted octanol–water partition coefficient (Wildman–Crippen LogP) is 2.81. The fourth-order valence-electron chi connectivity index (χ4n) is 1.66. The van der Waals surface area contributed by atoms with E-state index in [-0.39, 0.29) is 0 Å². The summed E-state index contributed by atoms with van der Waals surface area (Å²) in [6.45, 7) is 7.80. The van der Waals surface area contributed by atoms with Gasteiger partial charge in [-0.3, -0.25) is 0 Å². The molecule has 0 fully saturated rings. The second-order valence-corrected chi connectivity index (χ2v) is 4.75. The van der Waals surface area contributed by atoms with Gasteiger partial charge in [-0.05, 0) is 30.9 Å². The van der Waals surface area contributed by atoms with Gasteiger partial charge in [-0.15, -0.1) is 0 Å². The molecule has 0 aliphatic carbocycles. The number of hydrogen-bond donors (Lipinski definition) is 1. The standard InChI is InChI=1S/C13H24N2/c1-4-12(14)10-13-6-5-8-15(13)9-7-11(2)3/h5-6,8,11-12H,4,7,9-10,14H2,1-3H3. The first-order valence-corrected chi connectivity index (χ1v) is 6.03. The summed E-state index contributed by atoms with van der Waals surface area (Å²) in [5.41, 5.74) is 7.36. The van der Waals surface area contributed by atoms with E-state index in [0.717, 1.165) is 25.3 Å². The van der Waals surface area contributed by atoms with Crippen LogP contribution < -0.4 is 5.73 Å². The summed E-state index contributed by atoms with van der Waals surface area (Å²) in [4.78, 5) is 0. The fourth-order valence-corrected chi connectivity index (χ4v) is 1.66. The van der Waals surface area contributed by atoms with Crippen molar-refractivity contribution in [3.8, 4) is 0 Å². The Bertz CT molecular complexity index is 276. The molecule has 0 saturated carbocycles. The maximum atomic E-state index is 5.98. The molecule has 1 atom stereocenters. The summed E-state index contributed by atoms with van der Waals surface area (Å²) in [6.07, 6.45) is 5.46. The van der Waals surface area contributed by atoms with Gasteiger partial charge in [0.15, 0.2) is 0 Å². The van der Waals surface area contributed by atoms with E-state index in [9.17, 15) is 0 Å². The molecule has 1 aromatic rings. The molecule has 0 saturated heterocycles. The van der Waals surface area contributed by atoms with Crippen LogP contribution >= 0.6 is 0 Å². The molecule has 0 spiro atoms. The number of hydrogen-bond acceptors (Lipinski definition) is 1. The Balaban J connectivity index is 2.53. The molecule has 86 valence electrons. The summed E-state index contributed by atoms with van der Waals surface area (Å²) in [5, 5.41) is 0. The zero-order valence-corrected chi connectivity index (χ0v) is 10.2. The molecule has 1 heterocycles. The average Bonchev–Trinajstić information content (AvgIpc) is 2.62. The second-order valence-electron chi connectivity index (χ2n) is 4.75. The highest BCUT2D eigenvalue weighted by molar-refractivity contribution is 5.08. The topological polar surface area (TPSA) is 30.9 Å². The first kappa shape index (κ1) is 12.3. The van der Waals surface area contributed by atoms with Crippen LogP contribution in [-0.4, -0.2) is 10.6 Å². The first-order chi connectivity index (χ1) is 7.13. The molecular weight excluding hydrogens is 184 g/mol. The van der Waals surface area contributed by atoms with Gasteiger partial charge < -0.3 is 10.3 Å². The summed E-state index contributed by atoms with van der Waals surface area (Å²) < 4.78 is 2.34. The molecule has 15 heavy (non-hydrogen) atoms. The Hall–Kier alpha value is -0.760. The van der Waals surface area contributed by atoms with Gasteiger partial charge in [-0.2, -0.15) is 0 Å². The Kier molecular flexibility index (Phi) is 4.89. The van der Waals surface area contributed by atoms with Crippen molar-refractivity contribution in [3.63, 3.8) is 0 Å². The van der Waals surface area contributed by atoms with Crippen molar-refractivity contribution in [1.29, 1.82) is 0 Å². The van der Waals surface area contributed by atoms with E-state index in [4.69, 9.17) is 5.73 Å². The van der Waals surface area contributed by atoms with E-state index in [1.165, 1.54) is 12.1 Å². The maximum Gasteiger partial charge on any atom is 0.0224 e. The SMILES string of the molecule is CCC(N)Cc1cccn1CCC(C)C. The van der Waals surface area contributed by atoms with Crippen LogP contribution in [0.1, 0.15) is 39.3 Å². The van der Waals surface area contributed by atoms with Crippen LogP contribution in [0.3, 0.4) is 0 Å². The summed E-state index contributed by atoms with van der Waals surface area (Å²) in [6, 6.07) is 4.62. The van der Waals surface area contributed by atoms with Gasteiger partial charge in [0.1, 0.15) is 0 Å². The van der Waals surface area contributed by atoms with Crippen molar-refractivity contribution in [1.82, 2.24) is 4.57 Å². The smallest absolute Gasteiger partial charge is 0.0224 e. The number of rotatable bonds is 6. The third-order valence-electron chi connectivity index (χ3n) is 2.87. The fraction of sp³-hybridized carbons (Fsp3) is 0.692. The lowest BCUT2D eigenvalue weighted by molar-refractivity contribution is 0.500. The lowest BCUT2D eigenvalue weighted by Crippen LogP contribution is -2.23. The quantitative estimate of drug-likeness (QED) is 0.765. The molecular formula is C13H24N2. The monoisotopic (exact) mass is 208 g/mol. The van der Waals surface area contributed by atoms with E-state index in [2.05, 4.69) is 43.7 Å². The van der Waals surface area contributed by atoms with Crippen molar-refractivity contribution in [2.75, 3.05) is 0 Å². The normalized spacial score (nSPS) is 13.4. The summed E-state index contributed by atoms with van der Waals surface area (Å²) in [5.74, 6) is 0.764. The molecule has 0 amide bonds. The van der Waals surface area contributed by atoms with Gasteiger partial charge in [-0.25, -0.2) is 0 Å². The molecule has 0 aliphatic rings. The van der Waals surface area contributed by atoms with Crippen molar-refractivity contribution in [3.05, 3.63) is 24.0 Å². The zero-order valence-electron chi connectivity index (χ0n) is 10.2. The minimum Gasteiger partial charge on any atom is -0.351 e. The van der Waals surface area contributed by atoms with Gasteiger partial charge in [0, 0.05) is 30.9 Å². The molecule has 0 bridgehead atoms. The van der Waals surface area contributed by atoms with Crippen LogP contribution in [0.25, 0.3) is 0 Å². The molecule has 2 N–H and O–H groups in total. The van der Waals surface area contributed by atoms with Crippen LogP contribution in [0, 0.1) is 5.92 Å². The number of aryl methyl sites for hydroxylation is 1. The number of aromatic nitrogens is 1. The first-order valence-electron chi connectivity index (χ1n) is 6.03. The van der Waals surface area contributed by atoms with E-state index >= 15 is 0 Å². The van der Waals surface area contributed by atoms with Crippen molar-refractivity contribution in [2.24, 2.45) is 11.7 Å². The van der Waals surface area contributed by atoms with Crippen molar-refractivity contribution in [2.45, 2.75) is 52.6 Å². The van der Waals surface area contributed by atoms with Crippen LogP contribution in [0.4, 0.5) is 0 Å². The molecule has 1 rings (SSSR count). The van der Waals surface area contributed by atoms with Gasteiger partial charge in [0.2, 0.25) is 0 Å². The highest BCUT2D eigenvalue weighted by Crippen LogP contribution is 2.10. The van der Waals surface area contributed by atoms with Gasteiger partial charge in [0.05, 0.1) is 0 Å². The number of nitrogens with two attached hydrogens (primary N) is 1. The second kappa shape index (κ2) is 5.96. The van der Waals surface area contributed by atoms with Gasteiger partial charge in [-0.1, -0.05) is 20.8 Å². The van der Waals surface area contributed by atoms with Crippen molar-refractivity contribution >= 4 is 0 Å². The van der Waals surface area contributed by atoms with Gasteiger partial charge >= 0.3 is 0 Å².